The minimum atomic E-state index is -0.523. The molecule has 0 saturated carbocycles. The van der Waals surface area contributed by atoms with Gasteiger partial charge < -0.3 is 14.8 Å². The molecule has 2 aliphatic heterocycles. The number of anilines is 1. The van der Waals surface area contributed by atoms with Crippen LogP contribution in [-0.2, 0) is 29.1 Å². The Balaban J connectivity index is 1.29. The van der Waals surface area contributed by atoms with Crippen LogP contribution < -0.4 is 5.32 Å². The average molecular weight is 462 g/mol. The van der Waals surface area contributed by atoms with Crippen LogP contribution in [0.25, 0.3) is 11.4 Å². The third kappa shape index (κ3) is 4.58. The van der Waals surface area contributed by atoms with Crippen LogP contribution in [0.1, 0.15) is 42.6 Å². The highest BCUT2D eigenvalue weighted by Gasteiger charge is 2.34. The molecule has 1 fully saturated rings. The number of hydrogen-bond donors (Lipinski definition) is 1. The van der Waals surface area contributed by atoms with Crippen LogP contribution in [0.2, 0.25) is 0 Å². The van der Waals surface area contributed by atoms with Gasteiger partial charge in [-0.2, -0.15) is 0 Å². The molecule has 8 heteroatoms. The largest absolute Gasteiger partial charge is 0.338 e. The molecule has 7 nitrogen and oxygen atoms in total. The number of halogens is 1. The van der Waals surface area contributed by atoms with E-state index in [9.17, 15) is 14.0 Å². The molecule has 1 aromatic heterocycles. The highest BCUT2D eigenvalue weighted by molar-refractivity contribution is 5.97. The van der Waals surface area contributed by atoms with Crippen LogP contribution in [-0.4, -0.2) is 38.0 Å². The molecule has 1 atom stereocenters. The summed E-state index contributed by atoms with van der Waals surface area (Å²) >= 11 is 0. The summed E-state index contributed by atoms with van der Waals surface area (Å²) < 4.78 is 16.7. The number of amides is 2. The Kier molecular flexibility index (Phi) is 6.13. The topological polar surface area (TPSA) is 80.1 Å². The van der Waals surface area contributed by atoms with Gasteiger partial charge in [0.25, 0.3) is 0 Å². The van der Waals surface area contributed by atoms with Gasteiger partial charge in [0.1, 0.15) is 11.6 Å². The first kappa shape index (κ1) is 22.3. The van der Waals surface area contributed by atoms with Crippen LogP contribution in [0.3, 0.4) is 0 Å². The molecule has 0 bridgehead atoms. The molecule has 0 radical (unpaired) electrons. The zero-order chi connectivity index (χ0) is 23.7. The van der Waals surface area contributed by atoms with Crippen molar-refractivity contribution in [2.45, 2.75) is 52.1 Å². The fourth-order valence-electron chi connectivity index (χ4n) is 4.71. The molecule has 2 aromatic carbocycles. The van der Waals surface area contributed by atoms with E-state index in [4.69, 9.17) is 0 Å². The summed E-state index contributed by atoms with van der Waals surface area (Å²) in [5.41, 5.74) is 2.98. The van der Waals surface area contributed by atoms with Crippen LogP contribution in [0, 0.1) is 18.7 Å². The van der Waals surface area contributed by atoms with Crippen molar-refractivity contribution in [1.82, 2.24) is 19.7 Å². The molecule has 0 spiro atoms. The van der Waals surface area contributed by atoms with Gasteiger partial charge in [-0.15, -0.1) is 10.2 Å². The van der Waals surface area contributed by atoms with Gasteiger partial charge in [-0.25, -0.2) is 4.39 Å². The number of hydrogen-bond acceptors (Lipinski definition) is 4. The first-order chi connectivity index (χ1) is 16.5. The second kappa shape index (κ2) is 9.37. The number of carbonyl (C=O) groups is 2. The van der Waals surface area contributed by atoms with Gasteiger partial charge in [0, 0.05) is 38.0 Å². The van der Waals surface area contributed by atoms with Gasteiger partial charge in [-0.3, -0.25) is 9.59 Å². The Labute approximate surface area is 198 Å². The van der Waals surface area contributed by atoms with Gasteiger partial charge in [0.15, 0.2) is 5.82 Å². The van der Waals surface area contributed by atoms with Crippen LogP contribution in [0.4, 0.5) is 10.1 Å². The van der Waals surface area contributed by atoms with Gasteiger partial charge in [0.2, 0.25) is 11.8 Å². The molecule has 5 rings (SSSR count). The average Bonchev–Trinajstić information content (AvgIpc) is 3.31. The van der Waals surface area contributed by atoms with E-state index < -0.39 is 11.7 Å². The van der Waals surface area contributed by atoms with E-state index in [0.717, 1.165) is 49.2 Å². The number of rotatable bonds is 5. The molecule has 2 aliphatic rings. The SMILES string of the molecule is Cc1ccc(CN2CC(C(=O)Nc3cc(-c4nnc5n4CCCCC5)ccc3F)CC2=O)cc1. The molecule has 2 amide bonds. The number of carbonyl (C=O) groups excluding carboxylic acids is 2. The molecule has 3 heterocycles. The summed E-state index contributed by atoms with van der Waals surface area (Å²) in [5.74, 6) is 0.171. The smallest absolute Gasteiger partial charge is 0.229 e. The lowest BCUT2D eigenvalue weighted by Crippen LogP contribution is -2.28. The lowest BCUT2D eigenvalue weighted by atomic mass is 10.1. The quantitative estimate of drug-likeness (QED) is 0.620. The zero-order valence-corrected chi connectivity index (χ0v) is 19.3. The normalized spacial score (nSPS) is 18.0. The maximum atomic E-state index is 14.6. The van der Waals surface area contributed by atoms with Crippen molar-refractivity contribution in [3.63, 3.8) is 0 Å². The lowest BCUT2D eigenvalue weighted by molar-refractivity contribution is -0.128. The van der Waals surface area contributed by atoms with Crippen molar-refractivity contribution in [1.29, 1.82) is 0 Å². The van der Waals surface area contributed by atoms with E-state index in [-0.39, 0.29) is 23.9 Å². The predicted molar refractivity (Wildman–Crippen MR) is 126 cm³/mol. The van der Waals surface area contributed by atoms with E-state index in [2.05, 4.69) is 20.1 Å². The summed E-state index contributed by atoms with van der Waals surface area (Å²) in [7, 11) is 0. The highest BCUT2D eigenvalue weighted by atomic mass is 19.1. The molecule has 176 valence electrons. The Bertz CT molecular complexity index is 1220. The van der Waals surface area contributed by atoms with E-state index in [1.807, 2.05) is 31.2 Å². The Morgan fingerprint density at radius 3 is 2.76 bits per heavy atom. The van der Waals surface area contributed by atoms with Gasteiger partial charge in [-0.1, -0.05) is 36.2 Å². The number of nitrogens with one attached hydrogen (secondary N) is 1. The molecule has 1 N–H and O–H groups in total. The van der Waals surface area contributed by atoms with Crippen LogP contribution in [0.15, 0.2) is 42.5 Å². The Morgan fingerprint density at radius 2 is 1.94 bits per heavy atom. The summed E-state index contributed by atoms with van der Waals surface area (Å²) in [4.78, 5) is 27.1. The first-order valence-electron chi connectivity index (χ1n) is 11.8. The summed E-state index contributed by atoms with van der Waals surface area (Å²) in [6, 6.07) is 12.6. The van der Waals surface area contributed by atoms with E-state index >= 15 is 0 Å². The second-order valence-corrected chi connectivity index (χ2v) is 9.25. The number of aryl methyl sites for hydroxylation is 2. The number of likely N-dealkylation sites (tertiary alicyclic amines) is 1. The van der Waals surface area contributed by atoms with Crippen molar-refractivity contribution < 1.29 is 14.0 Å². The Morgan fingerprint density at radius 1 is 1.12 bits per heavy atom. The molecule has 3 aromatic rings. The zero-order valence-electron chi connectivity index (χ0n) is 19.3. The second-order valence-electron chi connectivity index (χ2n) is 9.25. The number of benzene rings is 2. The predicted octanol–water partition coefficient (Wildman–Crippen LogP) is 4.11. The fraction of sp³-hybridized carbons (Fsp3) is 0.385. The third-order valence-corrected chi connectivity index (χ3v) is 6.67. The highest BCUT2D eigenvalue weighted by Crippen LogP contribution is 2.28. The van der Waals surface area contributed by atoms with Crippen LogP contribution >= 0.6 is 0 Å². The van der Waals surface area contributed by atoms with Gasteiger partial charge >= 0.3 is 0 Å². The van der Waals surface area contributed by atoms with Gasteiger partial charge in [0.05, 0.1) is 11.6 Å². The van der Waals surface area contributed by atoms with Crippen molar-refractivity contribution in [2.75, 3.05) is 11.9 Å². The third-order valence-electron chi connectivity index (χ3n) is 6.67. The summed E-state index contributed by atoms with van der Waals surface area (Å²) in [6.45, 7) is 3.62. The van der Waals surface area contributed by atoms with Crippen LogP contribution in [0.5, 0.6) is 0 Å². The first-order valence-corrected chi connectivity index (χ1v) is 11.8. The maximum Gasteiger partial charge on any atom is 0.229 e. The van der Waals surface area contributed by atoms with E-state index in [1.54, 1.807) is 17.0 Å². The monoisotopic (exact) mass is 461 g/mol. The Hall–Kier alpha value is -3.55. The standard InChI is InChI=1S/C26H28FN5O2/c1-17-6-8-18(9-7-17)15-31-16-20(14-24(31)33)26(34)28-22-13-19(10-11-21(22)27)25-30-29-23-5-3-2-4-12-32(23)25/h6-11,13,20H,2-5,12,14-16H2,1H3,(H,28,34). The maximum absolute atomic E-state index is 14.6. The minimum Gasteiger partial charge on any atom is -0.338 e. The van der Waals surface area contributed by atoms with Crippen molar-refractivity contribution in [2.24, 2.45) is 5.92 Å². The van der Waals surface area contributed by atoms with Gasteiger partial charge in [-0.05, 0) is 43.5 Å². The molecule has 34 heavy (non-hydrogen) atoms. The molecular formula is C26H28FN5O2. The lowest BCUT2D eigenvalue weighted by Gasteiger charge is -2.17. The summed E-state index contributed by atoms with van der Waals surface area (Å²) in [6.07, 6.45) is 4.29. The molecular weight excluding hydrogens is 433 g/mol. The molecule has 1 saturated heterocycles. The van der Waals surface area contributed by atoms with Crippen molar-refractivity contribution in [3.8, 4) is 11.4 Å². The fourth-order valence-corrected chi connectivity index (χ4v) is 4.71. The van der Waals surface area contributed by atoms with E-state index in [1.165, 1.54) is 6.07 Å². The number of fused-ring (bicyclic) bond motifs is 1. The van der Waals surface area contributed by atoms with Crippen molar-refractivity contribution >= 4 is 17.5 Å². The molecule has 0 aliphatic carbocycles. The molecule has 1 unspecified atom stereocenters. The summed E-state index contributed by atoms with van der Waals surface area (Å²) in [5, 5.41) is 11.4. The van der Waals surface area contributed by atoms with E-state index in [0.29, 0.717) is 24.5 Å². The minimum absolute atomic E-state index is 0.0684. The van der Waals surface area contributed by atoms with Crippen molar-refractivity contribution in [3.05, 3.63) is 65.2 Å². The number of nitrogens with zero attached hydrogens (tertiary/aromatic N) is 4. The number of aromatic nitrogens is 3.